The van der Waals surface area contributed by atoms with Gasteiger partial charge in [-0.25, -0.2) is 8.42 Å². The van der Waals surface area contributed by atoms with Gasteiger partial charge < -0.3 is 10.2 Å². The number of rotatable bonds is 12. The maximum absolute atomic E-state index is 14.3. The number of sulfonamides is 1. The number of amides is 2. The molecule has 0 aromatic heterocycles. The molecule has 0 unspecified atom stereocenters. The Morgan fingerprint density at radius 3 is 2.07 bits per heavy atom. The molecule has 226 valence electrons. The van der Waals surface area contributed by atoms with E-state index in [0.717, 1.165) is 9.87 Å². The first kappa shape index (κ1) is 33.7. The number of anilines is 1. The van der Waals surface area contributed by atoms with Crippen molar-refractivity contribution in [3.8, 4) is 0 Å². The zero-order valence-electron chi connectivity index (χ0n) is 24.3. The van der Waals surface area contributed by atoms with Gasteiger partial charge in [0.15, 0.2) is 0 Å². The van der Waals surface area contributed by atoms with Crippen LogP contribution in [0.25, 0.3) is 0 Å². The van der Waals surface area contributed by atoms with Crippen LogP contribution < -0.4 is 9.62 Å². The van der Waals surface area contributed by atoms with E-state index in [-0.39, 0.29) is 29.8 Å². The largest absolute Gasteiger partial charge is 0.352 e. The summed E-state index contributed by atoms with van der Waals surface area (Å²) >= 11 is 19.1. The molecule has 0 bridgehead atoms. The van der Waals surface area contributed by atoms with Gasteiger partial charge in [0.1, 0.15) is 12.6 Å². The van der Waals surface area contributed by atoms with Gasteiger partial charge in [-0.1, -0.05) is 72.4 Å². The van der Waals surface area contributed by atoms with Crippen molar-refractivity contribution in [3.05, 3.63) is 92.4 Å². The van der Waals surface area contributed by atoms with Crippen molar-refractivity contribution in [2.75, 3.05) is 10.8 Å². The molecular weight excluding hydrogens is 617 g/mol. The van der Waals surface area contributed by atoms with Gasteiger partial charge in [-0.05, 0) is 81.6 Å². The molecule has 0 aliphatic heterocycles. The maximum atomic E-state index is 14.3. The summed E-state index contributed by atoms with van der Waals surface area (Å²) in [4.78, 5) is 29.1. The highest BCUT2D eigenvalue weighted by Gasteiger charge is 2.35. The molecule has 0 saturated carbocycles. The van der Waals surface area contributed by atoms with Crippen LogP contribution in [0.15, 0.2) is 65.6 Å². The van der Waals surface area contributed by atoms with Crippen molar-refractivity contribution in [3.63, 3.8) is 0 Å². The quantitative estimate of drug-likeness (QED) is 0.225. The Balaban J connectivity index is 2.13. The fourth-order valence-corrected chi connectivity index (χ4v) is 6.69. The number of aryl methyl sites for hydroxylation is 2. The number of benzene rings is 3. The average Bonchev–Trinajstić information content (AvgIpc) is 2.93. The Labute approximate surface area is 263 Å². The van der Waals surface area contributed by atoms with Gasteiger partial charge in [0.2, 0.25) is 11.8 Å². The van der Waals surface area contributed by atoms with Crippen LogP contribution in [-0.4, -0.2) is 43.8 Å². The first-order valence-corrected chi connectivity index (χ1v) is 16.3. The first-order valence-electron chi connectivity index (χ1n) is 13.7. The van der Waals surface area contributed by atoms with Gasteiger partial charge in [0.05, 0.1) is 10.6 Å². The van der Waals surface area contributed by atoms with Crippen LogP contribution in [0.1, 0.15) is 50.3 Å². The Kier molecular flexibility index (Phi) is 11.7. The van der Waals surface area contributed by atoms with Gasteiger partial charge >= 0.3 is 0 Å². The second kappa shape index (κ2) is 14.6. The van der Waals surface area contributed by atoms with Crippen LogP contribution in [0.5, 0.6) is 0 Å². The van der Waals surface area contributed by atoms with E-state index in [4.69, 9.17) is 34.8 Å². The summed E-state index contributed by atoms with van der Waals surface area (Å²) in [6.07, 6.45) is 0.978. The fraction of sp³-hybridized carbons (Fsp3) is 0.355. The number of halogens is 3. The molecule has 0 spiro atoms. The normalized spacial score (nSPS) is 12.9. The lowest BCUT2D eigenvalue weighted by Crippen LogP contribution is -2.53. The molecule has 42 heavy (non-hydrogen) atoms. The number of carbonyl (C=O) groups excluding carboxylic acids is 2. The number of hydrogen-bond acceptors (Lipinski definition) is 4. The summed E-state index contributed by atoms with van der Waals surface area (Å²) in [5.41, 5.74) is 2.20. The Morgan fingerprint density at radius 2 is 1.52 bits per heavy atom. The predicted octanol–water partition coefficient (Wildman–Crippen LogP) is 7.18. The van der Waals surface area contributed by atoms with E-state index < -0.39 is 28.5 Å². The third-order valence-corrected chi connectivity index (χ3v) is 9.81. The van der Waals surface area contributed by atoms with E-state index in [9.17, 15) is 18.0 Å². The highest BCUT2D eigenvalue weighted by molar-refractivity contribution is 7.92. The Bertz CT molecular complexity index is 1510. The molecule has 0 saturated heterocycles. The SMILES string of the molecule is CC[C@H](C)NC(=O)[C@H](CC)N(Cc1c(Cl)cccc1Cl)C(=O)CN(c1ccc(Cl)cc1C)S(=O)(=O)c1ccc(C)cc1. The van der Waals surface area contributed by atoms with E-state index in [1.165, 1.54) is 17.0 Å². The van der Waals surface area contributed by atoms with Crippen molar-refractivity contribution in [2.45, 2.75) is 71.0 Å². The van der Waals surface area contributed by atoms with Crippen molar-refractivity contribution in [1.82, 2.24) is 10.2 Å². The van der Waals surface area contributed by atoms with Gasteiger partial charge in [-0.2, -0.15) is 0 Å². The summed E-state index contributed by atoms with van der Waals surface area (Å²) in [6.45, 7) is 8.52. The fourth-order valence-electron chi connectivity index (χ4n) is 4.46. The zero-order valence-corrected chi connectivity index (χ0v) is 27.4. The minimum Gasteiger partial charge on any atom is -0.352 e. The molecular formula is C31H36Cl3N3O4S. The van der Waals surface area contributed by atoms with E-state index in [1.54, 1.807) is 62.4 Å². The minimum atomic E-state index is -4.21. The number of nitrogens with one attached hydrogen (secondary N) is 1. The molecule has 0 aliphatic rings. The van der Waals surface area contributed by atoms with Gasteiger partial charge in [-0.3, -0.25) is 13.9 Å². The minimum absolute atomic E-state index is 0.0255. The van der Waals surface area contributed by atoms with Crippen molar-refractivity contribution < 1.29 is 18.0 Å². The number of nitrogens with zero attached hydrogens (tertiary/aromatic N) is 2. The zero-order chi connectivity index (χ0) is 31.2. The number of carbonyl (C=O) groups is 2. The summed E-state index contributed by atoms with van der Waals surface area (Å²) in [7, 11) is -4.21. The van der Waals surface area contributed by atoms with Crippen LogP contribution in [0.2, 0.25) is 15.1 Å². The second-order valence-electron chi connectivity index (χ2n) is 10.2. The molecule has 3 rings (SSSR count). The van der Waals surface area contributed by atoms with Crippen LogP contribution in [0, 0.1) is 13.8 Å². The smallest absolute Gasteiger partial charge is 0.264 e. The Morgan fingerprint density at radius 1 is 0.905 bits per heavy atom. The molecule has 0 fully saturated rings. The molecule has 0 radical (unpaired) electrons. The van der Waals surface area contributed by atoms with Gasteiger partial charge in [0, 0.05) is 33.2 Å². The molecule has 11 heteroatoms. The van der Waals surface area contributed by atoms with Crippen molar-refractivity contribution in [1.29, 1.82) is 0 Å². The predicted molar refractivity (Wildman–Crippen MR) is 171 cm³/mol. The van der Waals surface area contributed by atoms with Crippen LogP contribution in [0.3, 0.4) is 0 Å². The highest BCUT2D eigenvalue weighted by atomic mass is 35.5. The second-order valence-corrected chi connectivity index (χ2v) is 13.3. The maximum Gasteiger partial charge on any atom is 0.264 e. The highest BCUT2D eigenvalue weighted by Crippen LogP contribution is 2.31. The average molecular weight is 653 g/mol. The molecule has 3 aromatic rings. The molecule has 2 atom stereocenters. The van der Waals surface area contributed by atoms with Crippen molar-refractivity contribution >= 4 is 62.3 Å². The molecule has 7 nitrogen and oxygen atoms in total. The lowest BCUT2D eigenvalue weighted by atomic mass is 10.1. The lowest BCUT2D eigenvalue weighted by Gasteiger charge is -2.34. The van der Waals surface area contributed by atoms with Crippen LogP contribution in [-0.2, 0) is 26.2 Å². The summed E-state index contributed by atoms with van der Waals surface area (Å²) in [5.74, 6) is -0.943. The van der Waals surface area contributed by atoms with Crippen molar-refractivity contribution in [2.24, 2.45) is 0 Å². The summed E-state index contributed by atoms with van der Waals surface area (Å²) in [6, 6.07) is 15.1. The summed E-state index contributed by atoms with van der Waals surface area (Å²) < 4.78 is 29.2. The van der Waals surface area contributed by atoms with E-state index in [0.29, 0.717) is 38.3 Å². The van der Waals surface area contributed by atoms with Gasteiger partial charge in [-0.15, -0.1) is 0 Å². The van der Waals surface area contributed by atoms with E-state index in [1.807, 2.05) is 20.8 Å². The van der Waals surface area contributed by atoms with Crippen LogP contribution in [0.4, 0.5) is 5.69 Å². The topological polar surface area (TPSA) is 86.8 Å². The van der Waals surface area contributed by atoms with Gasteiger partial charge in [0.25, 0.3) is 10.0 Å². The van der Waals surface area contributed by atoms with E-state index >= 15 is 0 Å². The first-order chi connectivity index (χ1) is 19.8. The molecule has 3 aromatic carbocycles. The lowest BCUT2D eigenvalue weighted by molar-refractivity contribution is -0.140. The Hall–Kier alpha value is -2.78. The third kappa shape index (κ3) is 7.98. The standard InChI is InChI=1S/C31H36Cl3N3O4S/c1-6-22(5)35-31(39)28(7-2)36(18-25-26(33)9-8-10-27(25)34)30(38)19-37(29-16-13-23(32)17-21(29)4)42(40,41)24-14-11-20(3)12-15-24/h8-17,22,28H,6-7,18-19H2,1-5H3,(H,35,39)/t22-,28-/m0/s1. The molecule has 1 N–H and O–H groups in total. The number of hydrogen-bond donors (Lipinski definition) is 1. The van der Waals surface area contributed by atoms with E-state index in [2.05, 4.69) is 5.32 Å². The molecule has 0 heterocycles. The molecule has 2 amide bonds. The third-order valence-electron chi connectivity index (χ3n) is 7.09. The monoisotopic (exact) mass is 651 g/mol. The van der Waals surface area contributed by atoms with Crippen LogP contribution >= 0.6 is 34.8 Å². The summed E-state index contributed by atoms with van der Waals surface area (Å²) in [5, 5.41) is 4.03. The molecule has 0 aliphatic carbocycles.